The van der Waals surface area contributed by atoms with Crippen LogP contribution in [0, 0.1) is 10.1 Å². The SMILES string of the molecule is O=C(Cc1ccncn1)N1CC(Oc2ccc(Br)cn2)C1.O=C(Oc1ccc([N+](=O)[O-])cc1)N1CC(Oc2ccc(Br)cn2)C1. The zero-order valence-corrected chi connectivity index (χ0v) is 26.6. The van der Waals surface area contributed by atoms with E-state index in [0.717, 1.165) is 14.6 Å². The molecule has 0 aliphatic carbocycles. The summed E-state index contributed by atoms with van der Waals surface area (Å²) in [5.41, 5.74) is 0.670. The highest BCUT2D eigenvalue weighted by Crippen LogP contribution is 2.22. The van der Waals surface area contributed by atoms with Crippen molar-refractivity contribution in [3.63, 3.8) is 0 Å². The number of non-ortho nitro benzene ring substituents is 1. The van der Waals surface area contributed by atoms with Crippen molar-refractivity contribution < 1.29 is 28.7 Å². The Morgan fingerprint density at radius 3 is 1.89 bits per heavy atom. The van der Waals surface area contributed by atoms with Crippen LogP contribution in [0.2, 0.25) is 0 Å². The molecule has 4 aromatic rings. The quantitative estimate of drug-likeness (QED) is 0.185. The van der Waals surface area contributed by atoms with Crippen LogP contribution >= 0.6 is 31.9 Å². The summed E-state index contributed by atoms with van der Waals surface area (Å²) in [5.74, 6) is 1.37. The van der Waals surface area contributed by atoms with E-state index < -0.39 is 11.0 Å². The van der Waals surface area contributed by atoms with Crippen LogP contribution in [0.1, 0.15) is 5.69 Å². The first kappa shape index (κ1) is 31.7. The maximum Gasteiger partial charge on any atom is 0.415 e. The van der Waals surface area contributed by atoms with Gasteiger partial charge in [0.05, 0.1) is 43.2 Å². The van der Waals surface area contributed by atoms with E-state index in [0.29, 0.717) is 44.4 Å². The molecule has 0 N–H and O–H groups in total. The molecule has 45 heavy (non-hydrogen) atoms. The molecule has 0 bridgehead atoms. The number of aromatic nitrogens is 4. The van der Waals surface area contributed by atoms with Crippen molar-refractivity contribution in [2.45, 2.75) is 18.6 Å². The number of rotatable bonds is 8. The molecule has 2 aliphatic rings. The van der Waals surface area contributed by atoms with E-state index >= 15 is 0 Å². The summed E-state index contributed by atoms with van der Waals surface area (Å²) < 4.78 is 18.2. The van der Waals surface area contributed by atoms with Crippen molar-refractivity contribution in [2.24, 2.45) is 0 Å². The van der Waals surface area contributed by atoms with Gasteiger partial charge in [-0.25, -0.2) is 24.7 Å². The van der Waals surface area contributed by atoms with Gasteiger partial charge in [-0.05, 0) is 62.2 Å². The minimum absolute atomic E-state index is 0.00743. The number of halogens is 2. The number of pyridine rings is 2. The smallest absolute Gasteiger partial charge is 0.415 e. The molecule has 0 unspecified atom stereocenters. The van der Waals surface area contributed by atoms with Gasteiger partial charge in [-0.3, -0.25) is 14.9 Å². The van der Waals surface area contributed by atoms with Crippen LogP contribution in [0.5, 0.6) is 17.5 Å². The van der Waals surface area contributed by atoms with E-state index in [9.17, 15) is 19.7 Å². The zero-order valence-electron chi connectivity index (χ0n) is 23.4. The molecule has 1 aromatic carbocycles. The second-order valence-electron chi connectivity index (χ2n) is 9.81. The van der Waals surface area contributed by atoms with Crippen LogP contribution in [-0.2, 0) is 11.2 Å². The van der Waals surface area contributed by atoms with Crippen LogP contribution in [-0.4, -0.2) is 85.0 Å². The molecule has 0 spiro atoms. The number of ether oxygens (including phenoxy) is 3. The van der Waals surface area contributed by atoms with E-state index in [2.05, 4.69) is 51.8 Å². The molecule has 2 aliphatic heterocycles. The summed E-state index contributed by atoms with van der Waals surface area (Å²) in [6.45, 7) is 1.95. The lowest BCUT2D eigenvalue weighted by Crippen LogP contribution is -2.57. The minimum atomic E-state index is -0.521. The number of likely N-dealkylation sites (tertiary alicyclic amines) is 2. The first-order chi connectivity index (χ1) is 21.7. The fourth-order valence-corrected chi connectivity index (χ4v) is 4.54. The minimum Gasteiger partial charge on any atom is -0.471 e. The first-order valence-corrected chi connectivity index (χ1v) is 15.1. The van der Waals surface area contributed by atoms with Crippen molar-refractivity contribution in [1.82, 2.24) is 29.7 Å². The molecule has 0 saturated carbocycles. The molecule has 0 atom stereocenters. The van der Waals surface area contributed by atoms with Gasteiger partial charge in [-0.2, -0.15) is 0 Å². The summed E-state index contributed by atoms with van der Waals surface area (Å²) in [6.07, 6.45) is 6.05. The van der Waals surface area contributed by atoms with Crippen molar-refractivity contribution in [1.29, 1.82) is 0 Å². The number of nitrogens with zero attached hydrogens (tertiary/aromatic N) is 7. The normalized spacial score (nSPS) is 14.3. The maximum atomic E-state index is 12.0. The van der Waals surface area contributed by atoms with Gasteiger partial charge < -0.3 is 24.0 Å². The molecule has 5 heterocycles. The molecule has 14 nitrogen and oxygen atoms in total. The lowest BCUT2D eigenvalue weighted by atomic mass is 10.1. The molecule has 2 saturated heterocycles. The Labute approximate surface area is 273 Å². The number of nitro groups is 1. The Hall–Kier alpha value is -4.70. The van der Waals surface area contributed by atoms with Crippen LogP contribution in [0.3, 0.4) is 0 Å². The first-order valence-electron chi connectivity index (χ1n) is 13.5. The van der Waals surface area contributed by atoms with Gasteiger partial charge in [0, 0.05) is 51.8 Å². The van der Waals surface area contributed by atoms with E-state index in [1.165, 1.54) is 35.5 Å². The topological polar surface area (TPSA) is 163 Å². The molecular weight excluding hydrogens is 718 g/mol. The average Bonchev–Trinajstić information content (AvgIpc) is 2.99. The van der Waals surface area contributed by atoms with Gasteiger partial charge in [0.15, 0.2) is 0 Å². The van der Waals surface area contributed by atoms with E-state index in [1.807, 2.05) is 12.1 Å². The highest BCUT2D eigenvalue weighted by molar-refractivity contribution is 9.10. The molecule has 3 aromatic heterocycles. The number of hydrogen-bond donors (Lipinski definition) is 0. The third-order valence-electron chi connectivity index (χ3n) is 6.51. The van der Waals surface area contributed by atoms with Crippen molar-refractivity contribution in [2.75, 3.05) is 26.2 Å². The predicted octanol–water partition coefficient (Wildman–Crippen LogP) is 4.48. The van der Waals surface area contributed by atoms with Crippen LogP contribution < -0.4 is 14.2 Å². The lowest BCUT2D eigenvalue weighted by Gasteiger charge is -2.38. The molecule has 16 heteroatoms. The van der Waals surface area contributed by atoms with Crippen LogP contribution in [0.15, 0.2) is 88.5 Å². The fraction of sp³-hybridized carbons (Fsp3) is 0.241. The second-order valence-corrected chi connectivity index (χ2v) is 11.6. The number of amides is 2. The number of benzene rings is 1. The summed E-state index contributed by atoms with van der Waals surface area (Å²) in [4.78, 5) is 53.4. The second kappa shape index (κ2) is 14.9. The highest BCUT2D eigenvalue weighted by atomic mass is 79.9. The fourth-order valence-electron chi connectivity index (χ4n) is 4.07. The van der Waals surface area contributed by atoms with Gasteiger partial charge in [-0.1, -0.05) is 0 Å². The molecule has 232 valence electrons. The summed E-state index contributed by atoms with van der Waals surface area (Å²) in [7, 11) is 0. The third-order valence-corrected chi connectivity index (χ3v) is 7.45. The zero-order chi connectivity index (χ0) is 31.8. The van der Waals surface area contributed by atoms with Crippen molar-refractivity contribution >= 4 is 49.5 Å². The Morgan fingerprint density at radius 1 is 0.822 bits per heavy atom. The number of hydrogen-bond acceptors (Lipinski definition) is 11. The summed E-state index contributed by atoms with van der Waals surface area (Å²) in [6, 6.07) is 14.3. The largest absolute Gasteiger partial charge is 0.471 e. The Kier molecular flexibility index (Phi) is 10.5. The third kappa shape index (κ3) is 9.15. The van der Waals surface area contributed by atoms with Crippen molar-refractivity contribution in [3.05, 3.63) is 104 Å². The van der Waals surface area contributed by atoms with Gasteiger partial charge in [-0.15, -0.1) is 0 Å². The predicted molar refractivity (Wildman–Crippen MR) is 166 cm³/mol. The molecular formula is C29H25Br2N7O7. The summed E-state index contributed by atoms with van der Waals surface area (Å²) in [5, 5.41) is 10.6. The molecule has 6 rings (SSSR count). The van der Waals surface area contributed by atoms with Gasteiger partial charge in [0.25, 0.3) is 5.69 Å². The van der Waals surface area contributed by atoms with E-state index in [1.54, 1.807) is 41.7 Å². The van der Waals surface area contributed by atoms with E-state index in [-0.39, 0.29) is 29.6 Å². The Balaban J connectivity index is 0.000000179. The van der Waals surface area contributed by atoms with Gasteiger partial charge >= 0.3 is 6.09 Å². The monoisotopic (exact) mass is 741 g/mol. The van der Waals surface area contributed by atoms with Gasteiger partial charge in [0.2, 0.25) is 17.7 Å². The van der Waals surface area contributed by atoms with Crippen LogP contribution in [0.25, 0.3) is 0 Å². The highest BCUT2D eigenvalue weighted by Gasteiger charge is 2.34. The standard InChI is InChI=1S/C15H12BrN3O5.C14H13BrN4O2/c16-10-1-6-14(17-7-10)23-13-8-18(9-13)15(20)24-12-4-2-11(3-5-12)19(21)22;15-10-1-2-13(17-6-10)21-12-7-19(8-12)14(20)5-11-3-4-16-9-18-11/h1-7,13H,8-9H2;1-4,6,9,12H,5,7-8H2. The number of carbonyl (C=O) groups is 2. The summed E-state index contributed by atoms with van der Waals surface area (Å²) >= 11 is 6.61. The van der Waals surface area contributed by atoms with Gasteiger partial charge in [0.1, 0.15) is 24.3 Å². The Bertz CT molecular complexity index is 1600. The molecule has 2 amide bonds. The molecule has 0 radical (unpaired) electrons. The number of nitro benzene ring substituents is 1. The Morgan fingerprint density at radius 2 is 1.40 bits per heavy atom. The van der Waals surface area contributed by atoms with E-state index in [4.69, 9.17) is 14.2 Å². The maximum absolute atomic E-state index is 12.0. The number of carbonyl (C=O) groups excluding carboxylic acids is 2. The average molecular weight is 743 g/mol. The molecule has 2 fully saturated rings. The van der Waals surface area contributed by atoms with Crippen LogP contribution in [0.4, 0.5) is 10.5 Å². The lowest BCUT2D eigenvalue weighted by molar-refractivity contribution is -0.384. The van der Waals surface area contributed by atoms with Crippen molar-refractivity contribution in [3.8, 4) is 17.5 Å².